The predicted molar refractivity (Wildman–Crippen MR) is 224 cm³/mol. The first-order valence-electron chi connectivity index (χ1n) is 21.4. The summed E-state index contributed by atoms with van der Waals surface area (Å²) in [5.74, 6) is -0.996. The molecule has 2 N–H and O–H groups in total. The van der Waals surface area contributed by atoms with Crippen LogP contribution in [-0.4, -0.2) is 53.3 Å². The molecule has 0 aliphatic carbocycles. The lowest BCUT2D eigenvalue weighted by Crippen LogP contribution is -2.29. The van der Waals surface area contributed by atoms with Crippen molar-refractivity contribution in [3.05, 3.63) is 72.9 Å². The van der Waals surface area contributed by atoms with Crippen molar-refractivity contribution < 1.29 is 42.7 Å². The van der Waals surface area contributed by atoms with Crippen LogP contribution in [0.25, 0.3) is 0 Å². The van der Waals surface area contributed by atoms with Crippen molar-refractivity contribution in [1.82, 2.24) is 0 Å². The average Bonchev–Trinajstić information content (AvgIpc) is 3.91. The number of carbonyl (C=O) groups is 2. The summed E-state index contributed by atoms with van der Waals surface area (Å²) in [5, 5.41) is 0. The van der Waals surface area contributed by atoms with Crippen LogP contribution in [0, 0.1) is 0 Å². The fraction of sp³-hybridized carbons (Fsp3) is 0.689. The highest BCUT2D eigenvalue weighted by Gasteiger charge is 2.35. The van der Waals surface area contributed by atoms with Crippen LogP contribution in [0.2, 0.25) is 0 Å². The number of rotatable bonds is 37. The summed E-state index contributed by atoms with van der Waals surface area (Å²) in [6.07, 6.45) is 49.6. The standard InChI is InChI=1S/C45H75O9P/c1-3-5-7-8-9-10-11-12-13-14-15-16-20-23-26-29-33-37-44(46)51-39-41(40-52-55(48,49)50)53-45(47)38-34-30-27-24-21-18-17-19-22-25-28-32-36-43-42(54-43)35-31-6-4-2/h6,12-13,18-19,21-22,27-28,30-32,41-43H,3-5,7-11,14-17,20,23-26,29,33-40H2,1-2H3,(H2,48,49,50)/b13-12-,21-18-,22-19-,30-27-,31-6-,32-28-/t41-,42?,43?/m1/s1. The van der Waals surface area contributed by atoms with Crippen LogP contribution < -0.4 is 0 Å². The van der Waals surface area contributed by atoms with Crippen molar-refractivity contribution in [1.29, 1.82) is 0 Å². The summed E-state index contributed by atoms with van der Waals surface area (Å²) in [6.45, 7) is 3.49. The number of allylic oxidation sites excluding steroid dienone is 10. The van der Waals surface area contributed by atoms with Gasteiger partial charge in [0.25, 0.3) is 0 Å². The number of ether oxygens (including phenoxy) is 3. The van der Waals surface area contributed by atoms with Gasteiger partial charge < -0.3 is 24.0 Å². The maximum Gasteiger partial charge on any atom is 0.469 e. The van der Waals surface area contributed by atoms with E-state index >= 15 is 0 Å². The van der Waals surface area contributed by atoms with Crippen LogP contribution in [0.15, 0.2) is 72.9 Å². The monoisotopic (exact) mass is 791 g/mol. The van der Waals surface area contributed by atoms with E-state index in [1.54, 1.807) is 0 Å². The largest absolute Gasteiger partial charge is 0.469 e. The molecule has 1 heterocycles. The number of unbranched alkanes of at least 4 members (excludes halogenated alkanes) is 13. The SMILES string of the molecule is CC/C=C\CC1OC1C/C=C\C/C=C\C/C=C\C/C=C\CCC(=O)O[C@H](COC(=O)CCCCCCCCC/C=C\CCCCCCCC)COP(=O)(O)O. The van der Waals surface area contributed by atoms with Gasteiger partial charge in [-0.3, -0.25) is 14.1 Å². The number of carbonyl (C=O) groups excluding carboxylic acids is 2. The Hall–Kier alpha value is -2.55. The van der Waals surface area contributed by atoms with Gasteiger partial charge in [0.1, 0.15) is 6.61 Å². The molecule has 1 aliphatic rings. The van der Waals surface area contributed by atoms with E-state index in [1.165, 1.54) is 64.2 Å². The van der Waals surface area contributed by atoms with Gasteiger partial charge in [-0.15, -0.1) is 0 Å². The first-order chi connectivity index (χ1) is 26.7. The fourth-order valence-electron chi connectivity index (χ4n) is 5.85. The zero-order valence-electron chi connectivity index (χ0n) is 34.2. The van der Waals surface area contributed by atoms with E-state index in [2.05, 4.69) is 79.1 Å². The zero-order chi connectivity index (χ0) is 40.1. The summed E-state index contributed by atoms with van der Waals surface area (Å²) in [6, 6.07) is 0. The van der Waals surface area contributed by atoms with Crippen molar-refractivity contribution in [3.63, 3.8) is 0 Å². The van der Waals surface area contributed by atoms with Gasteiger partial charge in [0, 0.05) is 12.8 Å². The minimum absolute atomic E-state index is 0.0796. The molecule has 1 rings (SSSR count). The van der Waals surface area contributed by atoms with Crippen molar-refractivity contribution in [3.8, 4) is 0 Å². The highest BCUT2D eigenvalue weighted by atomic mass is 31.2. The number of hydrogen-bond donors (Lipinski definition) is 2. The molecule has 3 atom stereocenters. The van der Waals surface area contributed by atoms with Crippen LogP contribution >= 0.6 is 7.82 Å². The van der Waals surface area contributed by atoms with E-state index < -0.39 is 32.5 Å². The molecule has 10 heteroatoms. The Bertz CT molecular complexity index is 1180. The van der Waals surface area contributed by atoms with Crippen molar-refractivity contribution >= 4 is 19.8 Å². The molecule has 0 amide bonds. The Morgan fingerprint density at radius 1 is 0.582 bits per heavy atom. The molecular weight excluding hydrogens is 715 g/mol. The average molecular weight is 791 g/mol. The highest BCUT2D eigenvalue weighted by Crippen LogP contribution is 2.36. The van der Waals surface area contributed by atoms with Gasteiger partial charge >= 0.3 is 19.8 Å². The van der Waals surface area contributed by atoms with Crippen LogP contribution in [-0.2, 0) is 32.9 Å². The first kappa shape index (κ1) is 50.5. The molecule has 0 aromatic carbocycles. The van der Waals surface area contributed by atoms with Gasteiger partial charge in [0.15, 0.2) is 6.10 Å². The Kier molecular flexibility index (Phi) is 32.9. The topological polar surface area (TPSA) is 132 Å². The first-order valence-corrected chi connectivity index (χ1v) is 22.9. The molecule has 0 radical (unpaired) electrons. The molecule has 2 unspecified atom stereocenters. The van der Waals surface area contributed by atoms with E-state index in [9.17, 15) is 14.2 Å². The second-order valence-corrected chi connectivity index (χ2v) is 15.6. The summed E-state index contributed by atoms with van der Waals surface area (Å²) in [7, 11) is -4.78. The third kappa shape index (κ3) is 35.6. The second-order valence-electron chi connectivity index (χ2n) is 14.3. The molecule has 0 saturated carbocycles. The molecule has 0 spiro atoms. The normalized spacial score (nSPS) is 16.9. The van der Waals surface area contributed by atoms with E-state index in [0.717, 1.165) is 64.2 Å². The molecule has 0 aromatic rings. The Balaban J connectivity index is 2.11. The Morgan fingerprint density at radius 2 is 1.07 bits per heavy atom. The lowest BCUT2D eigenvalue weighted by atomic mass is 10.1. The number of phosphoric ester groups is 1. The minimum atomic E-state index is -4.78. The molecule has 1 aliphatic heterocycles. The van der Waals surface area contributed by atoms with Crippen LogP contribution in [0.1, 0.15) is 168 Å². The summed E-state index contributed by atoms with van der Waals surface area (Å²) in [4.78, 5) is 42.8. The van der Waals surface area contributed by atoms with Crippen LogP contribution in [0.5, 0.6) is 0 Å². The van der Waals surface area contributed by atoms with Crippen molar-refractivity contribution in [2.24, 2.45) is 0 Å². The van der Waals surface area contributed by atoms with Crippen molar-refractivity contribution in [2.75, 3.05) is 13.2 Å². The Labute approximate surface area is 334 Å². The number of hydrogen-bond acceptors (Lipinski definition) is 7. The third-order valence-electron chi connectivity index (χ3n) is 9.12. The van der Waals surface area contributed by atoms with Gasteiger partial charge in [0.05, 0.1) is 18.8 Å². The summed E-state index contributed by atoms with van der Waals surface area (Å²) < 4.78 is 32.0. The van der Waals surface area contributed by atoms with E-state index in [1.807, 2.05) is 12.2 Å². The lowest BCUT2D eigenvalue weighted by Gasteiger charge is -2.18. The second kappa shape index (κ2) is 35.8. The maximum absolute atomic E-state index is 12.4. The van der Waals surface area contributed by atoms with E-state index in [4.69, 9.17) is 24.0 Å². The van der Waals surface area contributed by atoms with E-state index in [0.29, 0.717) is 25.0 Å². The molecule has 1 saturated heterocycles. The highest BCUT2D eigenvalue weighted by molar-refractivity contribution is 7.46. The number of esters is 2. The minimum Gasteiger partial charge on any atom is -0.462 e. The van der Waals surface area contributed by atoms with Gasteiger partial charge in [-0.25, -0.2) is 4.57 Å². The zero-order valence-corrected chi connectivity index (χ0v) is 35.1. The quantitative estimate of drug-likeness (QED) is 0.0207. The Morgan fingerprint density at radius 3 is 1.64 bits per heavy atom. The summed E-state index contributed by atoms with van der Waals surface area (Å²) in [5.41, 5.74) is 0. The summed E-state index contributed by atoms with van der Waals surface area (Å²) >= 11 is 0. The van der Waals surface area contributed by atoms with Crippen LogP contribution in [0.4, 0.5) is 0 Å². The van der Waals surface area contributed by atoms with E-state index in [-0.39, 0.29) is 19.4 Å². The van der Waals surface area contributed by atoms with Gasteiger partial charge in [-0.1, -0.05) is 151 Å². The third-order valence-corrected chi connectivity index (χ3v) is 9.61. The smallest absolute Gasteiger partial charge is 0.462 e. The number of phosphoric acid groups is 1. The van der Waals surface area contributed by atoms with Crippen molar-refractivity contribution in [2.45, 2.75) is 186 Å². The predicted octanol–water partition coefficient (Wildman–Crippen LogP) is 12.1. The van der Waals surface area contributed by atoms with Crippen LogP contribution in [0.3, 0.4) is 0 Å². The van der Waals surface area contributed by atoms with Gasteiger partial charge in [0.2, 0.25) is 0 Å². The van der Waals surface area contributed by atoms with Gasteiger partial charge in [-0.05, 0) is 77.0 Å². The molecule has 0 aromatic heterocycles. The molecular formula is C45H75O9P. The number of epoxide rings is 1. The molecule has 55 heavy (non-hydrogen) atoms. The molecule has 314 valence electrons. The van der Waals surface area contributed by atoms with Gasteiger partial charge in [-0.2, -0.15) is 0 Å². The fourth-order valence-corrected chi connectivity index (χ4v) is 6.21. The molecule has 9 nitrogen and oxygen atoms in total. The molecule has 1 fully saturated rings. The molecule has 0 bridgehead atoms. The lowest BCUT2D eigenvalue weighted by molar-refractivity contribution is -0.161. The maximum atomic E-state index is 12.4.